The molecule has 0 bridgehead atoms. The molecule has 4 rings (SSSR count). The molecule has 0 amide bonds. The van der Waals surface area contributed by atoms with Crippen molar-refractivity contribution in [3.05, 3.63) is 36.0 Å². The van der Waals surface area contributed by atoms with Crippen molar-refractivity contribution in [3.63, 3.8) is 0 Å². The minimum atomic E-state index is 0.200. The number of hydrogen-bond acceptors (Lipinski definition) is 5. The summed E-state index contributed by atoms with van der Waals surface area (Å²) in [7, 11) is 0. The minimum absolute atomic E-state index is 0.200. The lowest BCUT2D eigenvalue weighted by Gasteiger charge is -2.49. The molecule has 2 saturated heterocycles. The number of rotatable bonds is 1. The largest absolute Gasteiger partial charge is 0.368 e. The number of anilines is 1. The zero-order valence-electron chi connectivity index (χ0n) is 14.3. The van der Waals surface area contributed by atoms with Gasteiger partial charge < -0.3 is 10.2 Å². The van der Waals surface area contributed by atoms with Crippen LogP contribution in [0.15, 0.2) is 30.4 Å². The Kier molecular flexibility index (Phi) is 3.35. The predicted molar refractivity (Wildman–Crippen MR) is 91.5 cm³/mol. The molecule has 3 heterocycles. The van der Waals surface area contributed by atoms with Crippen LogP contribution in [0.5, 0.6) is 0 Å². The first-order chi connectivity index (χ1) is 11.7. The van der Waals surface area contributed by atoms with Crippen LogP contribution in [0.2, 0.25) is 0 Å². The van der Waals surface area contributed by atoms with Crippen molar-refractivity contribution in [1.29, 1.82) is 5.26 Å². The number of pyridine rings is 1. The van der Waals surface area contributed by atoms with Crippen LogP contribution < -0.4 is 10.2 Å². The monoisotopic (exact) mass is 308 g/mol. The number of hydrogen-bond donors (Lipinski definition) is 1. The number of benzene rings is 1. The molecule has 1 N–H and O–H groups in total. The van der Waals surface area contributed by atoms with Crippen molar-refractivity contribution in [3.8, 4) is 6.07 Å². The summed E-state index contributed by atoms with van der Waals surface area (Å²) in [6, 6.07) is 10.7. The third-order valence-electron chi connectivity index (χ3n) is 5.03. The summed E-state index contributed by atoms with van der Waals surface area (Å²) in [5.41, 5.74) is 2.29. The lowest BCUT2D eigenvalue weighted by molar-refractivity contribution is 0.0971. The van der Waals surface area contributed by atoms with Crippen LogP contribution in [0.25, 0.3) is 10.9 Å². The maximum absolute atomic E-state index is 9.34. The maximum atomic E-state index is 9.34. The Bertz CT molecular complexity index is 815. The molecule has 2 aliphatic rings. The molecule has 2 atom stereocenters. The second-order valence-electron chi connectivity index (χ2n) is 6.43. The normalized spacial score (nSPS) is 25.7. The van der Waals surface area contributed by atoms with Gasteiger partial charge in [-0.15, -0.1) is 0 Å². The van der Waals surface area contributed by atoms with Crippen LogP contribution in [0, 0.1) is 11.3 Å². The van der Waals surface area contributed by atoms with E-state index >= 15 is 0 Å². The highest BCUT2D eigenvalue weighted by Crippen LogP contribution is 2.31. The Labute approximate surface area is 137 Å². The molecule has 2 unspecified atom stereocenters. The lowest BCUT2D eigenvalue weighted by atomic mass is 10.0. The van der Waals surface area contributed by atoms with Crippen molar-refractivity contribution in [2.75, 3.05) is 37.6 Å². The average molecular weight is 308 g/mol. The third kappa shape index (κ3) is 2.44. The molecular formula is C18H21N5. The highest BCUT2D eigenvalue weighted by molar-refractivity contribution is 5.95. The smallest absolute Gasteiger partial charge is 0.101 e. The molecule has 2 fully saturated rings. The van der Waals surface area contributed by atoms with Gasteiger partial charge in [-0.25, -0.2) is 0 Å². The van der Waals surface area contributed by atoms with Gasteiger partial charge >= 0.3 is 0 Å². The molecule has 5 nitrogen and oxygen atoms in total. The quantitative estimate of drug-likeness (QED) is 0.867. The molecule has 23 heavy (non-hydrogen) atoms. The summed E-state index contributed by atoms with van der Waals surface area (Å²) in [5.74, 6) is 0. The second kappa shape index (κ2) is 5.80. The fraction of sp³-hybridized carbons (Fsp3) is 0.444. The van der Waals surface area contributed by atoms with E-state index < -0.39 is 0 Å². The van der Waals surface area contributed by atoms with Crippen LogP contribution in [0.3, 0.4) is 0 Å². The Morgan fingerprint density at radius 3 is 3.17 bits per heavy atom. The highest BCUT2D eigenvalue weighted by Gasteiger charge is 2.34. The van der Waals surface area contributed by atoms with E-state index in [-0.39, 0.29) is 6.17 Å². The van der Waals surface area contributed by atoms with Gasteiger partial charge in [0.25, 0.3) is 0 Å². The molecule has 2 aliphatic heterocycles. The number of nitrogens with one attached hydrogen (secondary N) is 1. The van der Waals surface area contributed by atoms with Crippen molar-refractivity contribution < 1.29 is 1.37 Å². The number of nitrogens with zero attached hydrogens (tertiary/aromatic N) is 4. The van der Waals surface area contributed by atoms with Crippen molar-refractivity contribution in [2.24, 2.45) is 0 Å². The highest BCUT2D eigenvalue weighted by atomic mass is 15.3. The minimum Gasteiger partial charge on any atom is -0.368 e. The zero-order valence-corrected chi connectivity index (χ0v) is 13.3. The van der Waals surface area contributed by atoms with E-state index in [1.807, 2.05) is 18.2 Å². The Morgan fingerprint density at radius 1 is 1.39 bits per heavy atom. The summed E-state index contributed by atoms with van der Waals surface area (Å²) in [4.78, 5) is 9.30. The van der Waals surface area contributed by atoms with E-state index in [1.165, 1.54) is 0 Å². The van der Waals surface area contributed by atoms with Gasteiger partial charge in [-0.2, -0.15) is 5.26 Å². The van der Waals surface area contributed by atoms with Gasteiger partial charge in [-0.1, -0.05) is 0 Å². The van der Waals surface area contributed by atoms with E-state index in [4.69, 9.17) is 1.37 Å². The zero-order chi connectivity index (χ0) is 16.7. The van der Waals surface area contributed by atoms with Crippen LogP contribution in [0.1, 0.15) is 13.9 Å². The molecule has 5 heteroatoms. The summed E-state index contributed by atoms with van der Waals surface area (Å²) >= 11 is 0. The number of aromatic nitrogens is 1. The molecule has 2 aromatic rings. The van der Waals surface area contributed by atoms with Crippen LogP contribution in [-0.4, -0.2) is 54.7 Å². The van der Waals surface area contributed by atoms with Gasteiger partial charge in [0.05, 0.1) is 12.5 Å². The van der Waals surface area contributed by atoms with E-state index in [0.717, 1.165) is 43.8 Å². The van der Waals surface area contributed by atoms with Gasteiger partial charge in [-0.3, -0.25) is 9.88 Å². The molecule has 0 radical (unpaired) electrons. The van der Waals surface area contributed by atoms with Crippen molar-refractivity contribution in [2.45, 2.75) is 19.0 Å². The molecule has 1 aromatic heterocycles. The van der Waals surface area contributed by atoms with E-state index in [1.54, 1.807) is 6.07 Å². The molecule has 0 spiro atoms. The molecule has 118 valence electrons. The molecule has 1 aromatic carbocycles. The van der Waals surface area contributed by atoms with Gasteiger partial charge in [0.1, 0.15) is 6.07 Å². The Balaban J connectivity index is 1.75. The second-order valence-corrected chi connectivity index (χ2v) is 6.43. The number of nitriles is 1. The lowest BCUT2D eigenvalue weighted by Crippen LogP contribution is -2.64. The summed E-state index contributed by atoms with van der Waals surface area (Å²) in [6.45, 7) is 7.43. The first-order valence-electron chi connectivity index (χ1n) is 8.69. The van der Waals surface area contributed by atoms with Crippen LogP contribution in [-0.2, 0) is 0 Å². The average Bonchev–Trinajstić information content (AvgIpc) is 2.60. The third-order valence-corrected chi connectivity index (χ3v) is 5.03. The van der Waals surface area contributed by atoms with Crippen molar-refractivity contribution >= 4 is 16.6 Å². The maximum Gasteiger partial charge on any atom is 0.101 e. The number of piperazine rings is 2. The first-order valence-corrected chi connectivity index (χ1v) is 8.19. The van der Waals surface area contributed by atoms with Gasteiger partial charge in [0, 0.05) is 62.1 Å². The van der Waals surface area contributed by atoms with E-state index in [9.17, 15) is 5.26 Å². The fourth-order valence-corrected chi connectivity index (χ4v) is 3.95. The first kappa shape index (κ1) is 13.3. The van der Waals surface area contributed by atoms with Crippen LogP contribution >= 0.6 is 0 Å². The Hall–Kier alpha value is -2.16. The molecular weight excluding hydrogens is 286 g/mol. The van der Waals surface area contributed by atoms with E-state index in [0.29, 0.717) is 23.2 Å². The molecule has 0 aliphatic carbocycles. The number of fused-ring (bicyclic) bond motifs is 2. The van der Waals surface area contributed by atoms with Gasteiger partial charge in [0.15, 0.2) is 0 Å². The van der Waals surface area contributed by atoms with Crippen molar-refractivity contribution in [1.82, 2.24) is 15.2 Å². The predicted octanol–water partition coefficient (Wildman–Crippen LogP) is 1.59. The van der Waals surface area contributed by atoms with Gasteiger partial charge in [-0.05, 0) is 31.2 Å². The van der Waals surface area contributed by atoms with E-state index in [2.05, 4.69) is 33.1 Å². The SMILES string of the molecule is [2H]c1ccc2c(N3CC(C)N4CCNCC4C3)ccc(C#N)c2n1. The van der Waals surface area contributed by atoms with Crippen LogP contribution in [0.4, 0.5) is 5.69 Å². The summed E-state index contributed by atoms with van der Waals surface area (Å²) < 4.78 is 7.77. The Morgan fingerprint density at radius 2 is 2.30 bits per heavy atom. The fourth-order valence-electron chi connectivity index (χ4n) is 3.95. The standard InChI is InChI=1S/C18H21N5/c1-13-11-22(12-15-10-20-7-8-23(13)15)17-5-4-14(9-19)18-16(17)3-2-6-21-18/h2-6,13,15,20H,7-8,10-12H2,1H3/i6D. The topological polar surface area (TPSA) is 55.2 Å². The van der Waals surface area contributed by atoms with Gasteiger partial charge in [0.2, 0.25) is 0 Å². The summed E-state index contributed by atoms with van der Waals surface area (Å²) in [6.07, 6.45) is 0.200. The molecule has 0 saturated carbocycles. The summed E-state index contributed by atoms with van der Waals surface area (Å²) in [5, 5.41) is 13.8.